The van der Waals surface area contributed by atoms with E-state index in [0.717, 1.165) is 76.8 Å². The number of primary amides is 1. The largest absolute Gasteiger partial charge is 0.493 e. The molecule has 0 spiro atoms. The van der Waals surface area contributed by atoms with Gasteiger partial charge >= 0.3 is 0 Å². The van der Waals surface area contributed by atoms with Crippen LogP contribution in [0.2, 0.25) is 0 Å². The van der Waals surface area contributed by atoms with E-state index in [1.54, 1.807) is 0 Å². The van der Waals surface area contributed by atoms with Crippen LogP contribution in [0.25, 0.3) is 0 Å². The summed E-state index contributed by atoms with van der Waals surface area (Å²) in [6.07, 6.45) is 10.3. The molecule has 0 saturated heterocycles. The topological polar surface area (TPSA) is 93.5 Å². The third-order valence-corrected chi connectivity index (χ3v) is 6.77. The first-order valence-electron chi connectivity index (χ1n) is 12.0. The number of amides is 2. The summed E-state index contributed by atoms with van der Waals surface area (Å²) in [5.74, 6) is 1.44. The molecule has 0 unspecified atom stereocenters. The molecule has 1 heterocycles. The summed E-state index contributed by atoms with van der Waals surface area (Å²) in [6, 6.07) is 8.35. The normalized spacial score (nSPS) is 19.4. The number of benzene rings is 1. The van der Waals surface area contributed by atoms with Crippen LogP contribution < -0.4 is 21.1 Å². The predicted octanol–water partition coefficient (Wildman–Crippen LogP) is 3.33. The second-order valence-corrected chi connectivity index (χ2v) is 9.47. The molecule has 0 aromatic heterocycles. The zero-order valence-corrected chi connectivity index (χ0v) is 18.8. The van der Waals surface area contributed by atoms with Gasteiger partial charge in [0, 0.05) is 19.4 Å². The Kier molecular flexibility index (Phi) is 9.19. The number of unbranched alkanes of at least 4 members (excludes halogenated alkanes) is 1. The maximum Gasteiger partial charge on any atom is 0.220 e. The molecule has 172 valence electrons. The lowest BCUT2D eigenvalue weighted by Gasteiger charge is -2.26. The monoisotopic (exact) mass is 429 g/mol. The van der Waals surface area contributed by atoms with Gasteiger partial charge in [-0.25, -0.2) is 0 Å². The molecule has 6 heteroatoms. The van der Waals surface area contributed by atoms with Crippen LogP contribution in [0.4, 0.5) is 0 Å². The number of carbonyl (C=O) groups excluding carboxylic acids is 2. The number of para-hydroxylation sites is 1. The van der Waals surface area contributed by atoms with E-state index in [2.05, 4.69) is 28.8 Å². The average Bonchev–Trinajstić information content (AvgIpc) is 3.19. The number of fused-ring (bicyclic) bond motifs is 1. The van der Waals surface area contributed by atoms with Gasteiger partial charge in [-0.15, -0.1) is 0 Å². The highest BCUT2D eigenvalue weighted by Gasteiger charge is 2.37. The van der Waals surface area contributed by atoms with Gasteiger partial charge in [0.2, 0.25) is 11.8 Å². The number of ether oxygens (including phenoxy) is 1. The van der Waals surface area contributed by atoms with Gasteiger partial charge in [-0.1, -0.05) is 31.0 Å². The highest BCUT2D eigenvalue weighted by atomic mass is 16.5. The third-order valence-electron chi connectivity index (χ3n) is 6.77. The summed E-state index contributed by atoms with van der Waals surface area (Å²) in [4.78, 5) is 23.7. The summed E-state index contributed by atoms with van der Waals surface area (Å²) in [5, 5.41) is 6.54. The number of hydrogen-bond acceptors (Lipinski definition) is 4. The Hall–Kier alpha value is -2.08. The third kappa shape index (κ3) is 7.84. The van der Waals surface area contributed by atoms with E-state index in [0.29, 0.717) is 25.3 Å². The fourth-order valence-electron chi connectivity index (χ4n) is 5.13. The summed E-state index contributed by atoms with van der Waals surface area (Å²) >= 11 is 0. The molecule has 1 saturated carbocycles. The van der Waals surface area contributed by atoms with Crippen LogP contribution in [0.1, 0.15) is 69.8 Å². The Morgan fingerprint density at radius 2 is 1.77 bits per heavy atom. The number of rotatable bonds is 13. The molecule has 2 aliphatic rings. The summed E-state index contributed by atoms with van der Waals surface area (Å²) < 4.78 is 5.87. The standard InChI is InChI=1S/C25H39N3O3/c26-23(29)17-25(11-3-4-12-25)18-24(30)28-15-6-5-13-27-14-7-8-20-16-21-9-1-2-10-22(21)31-19-20/h1-2,9-10,20,27H,3-8,11-19H2,(H2,26,29)(H,28,30)/t20-/m0/s1. The molecule has 1 aliphatic heterocycles. The molecule has 1 aromatic carbocycles. The molecule has 1 aliphatic carbocycles. The van der Waals surface area contributed by atoms with Gasteiger partial charge in [0.1, 0.15) is 5.75 Å². The maximum absolute atomic E-state index is 12.3. The SMILES string of the molecule is NC(=O)CC1(CC(=O)NCCCCNCCC[C@@H]2COc3ccccc3C2)CCCC1. The molecule has 2 amide bonds. The first-order valence-corrected chi connectivity index (χ1v) is 12.0. The van der Waals surface area contributed by atoms with Crippen molar-refractivity contribution < 1.29 is 14.3 Å². The Morgan fingerprint density at radius 1 is 1.03 bits per heavy atom. The fraction of sp³-hybridized carbons (Fsp3) is 0.680. The van der Waals surface area contributed by atoms with Crippen LogP contribution >= 0.6 is 0 Å². The molecule has 4 N–H and O–H groups in total. The number of nitrogens with two attached hydrogens (primary N) is 1. The van der Waals surface area contributed by atoms with Gasteiger partial charge < -0.3 is 21.1 Å². The molecule has 1 fully saturated rings. The predicted molar refractivity (Wildman–Crippen MR) is 123 cm³/mol. The van der Waals surface area contributed by atoms with E-state index in [9.17, 15) is 9.59 Å². The Labute approximate surface area is 186 Å². The number of hydrogen-bond donors (Lipinski definition) is 3. The Bertz CT molecular complexity index is 716. The minimum atomic E-state index is -0.290. The van der Waals surface area contributed by atoms with Crippen LogP contribution in [-0.4, -0.2) is 38.1 Å². The molecule has 1 atom stereocenters. The van der Waals surface area contributed by atoms with Crippen molar-refractivity contribution >= 4 is 11.8 Å². The minimum absolute atomic E-state index is 0.0624. The van der Waals surface area contributed by atoms with E-state index >= 15 is 0 Å². The Balaban J connectivity index is 1.18. The van der Waals surface area contributed by atoms with Crippen molar-refractivity contribution in [3.05, 3.63) is 29.8 Å². The van der Waals surface area contributed by atoms with Crippen LogP contribution in [0.3, 0.4) is 0 Å². The summed E-state index contributed by atoms with van der Waals surface area (Å²) in [5.41, 5.74) is 6.54. The van der Waals surface area contributed by atoms with Gasteiger partial charge in [0.25, 0.3) is 0 Å². The zero-order valence-electron chi connectivity index (χ0n) is 18.8. The smallest absolute Gasteiger partial charge is 0.220 e. The Morgan fingerprint density at radius 3 is 2.58 bits per heavy atom. The van der Waals surface area contributed by atoms with E-state index in [4.69, 9.17) is 10.5 Å². The van der Waals surface area contributed by atoms with Crippen molar-refractivity contribution in [2.75, 3.05) is 26.2 Å². The van der Waals surface area contributed by atoms with Gasteiger partial charge in [0.05, 0.1) is 6.61 Å². The van der Waals surface area contributed by atoms with Crippen molar-refractivity contribution in [3.63, 3.8) is 0 Å². The molecule has 31 heavy (non-hydrogen) atoms. The average molecular weight is 430 g/mol. The van der Waals surface area contributed by atoms with Crippen LogP contribution in [-0.2, 0) is 16.0 Å². The highest BCUT2D eigenvalue weighted by molar-refractivity contribution is 5.79. The van der Waals surface area contributed by atoms with Crippen molar-refractivity contribution in [3.8, 4) is 5.75 Å². The molecule has 0 bridgehead atoms. The number of carbonyl (C=O) groups is 2. The van der Waals surface area contributed by atoms with Gasteiger partial charge in [-0.2, -0.15) is 0 Å². The molecule has 1 aromatic rings. The molecule has 0 radical (unpaired) electrons. The first kappa shape index (κ1) is 23.6. The van der Waals surface area contributed by atoms with Gasteiger partial charge in [-0.3, -0.25) is 9.59 Å². The number of nitrogens with one attached hydrogen (secondary N) is 2. The van der Waals surface area contributed by atoms with Crippen LogP contribution in [0, 0.1) is 11.3 Å². The van der Waals surface area contributed by atoms with E-state index in [1.165, 1.54) is 12.0 Å². The maximum atomic E-state index is 12.3. The second kappa shape index (κ2) is 12.1. The lowest BCUT2D eigenvalue weighted by Crippen LogP contribution is -2.34. The highest BCUT2D eigenvalue weighted by Crippen LogP contribution is 2.43. The van der Waals surface area contributed by atoms with Crippen molar-refractivity contribution in [1.29, 1.82) is 0 Å². The first-order chi connectivity index (χ1) is 15.1. The molecule has 3 rings (SSSR count). The molecular weight excluding hydrogens is 390 g/mol. The van der Waals surface area contributed by atoms with Crippen molar-refractivity contribution in [2.45, 2.75) is 70.6 Å². The quantitative estimate of drug-likeness (QED) is 0.419. The van der Waals surface area contributed by atoms with Crippen LogP contribution in [0.5, 0.6) is 5.75 Å². The van der Waals surface area contributed by atoms with Crippen LogP contribution in [0.15, 0.2) is 24.3 Å². The minimum Gasteiger partial charge on any atom is -0.493 e. The molecular formula is C25H39N3O3. The van der Waals surface area contributed by atoms with Gasteiger partial charge in [-0.05, 0) is 81.0 Å². The van der Waals surface area contributed by atoms with E-state index in [-0.39, 0.29) is 17.2 Å². The lowest BCUT2D eigenvalue weighted by molar-refractivity contribution is -0.125. The fourth-order valence-corrected chi connectivity index (χ4v) is 5.13. The van der Waals surface area contributed by atoms with Gasteiger partial charge in [0.15, 0.2) is 0 Å². The van der Waals surface area contributed by atoms with E-state index in [1.807, 2.05) is 6.07 Å². The summed E-state index contributed by atoms with van der Waals surface area (Å²) in [7, 11) is 0. The summed E-state index contributed by atoms with van der Waals surface area (Å²) in [6.45, 7) is 3.54. The molecule has 6 nitrogen and oxygen atoms in total. The van der Waals surface area contributed by atoms with E-state index < -0.39 is 0 Å². The second-order valence-electron chi connectivity index (χ2n) is 9.47. The lowest BCUT2D eigenvalue weighted by atomic mass is 9.79. The van der Waals surface area contributed by atoms with Crippen molar-refractivity contribution in [1.82, 2.24) is 10.6 Å². The van der Waals surface area contributed by atoms with Crippen molar-refractivity contribution in [2.24, 2.45) is 17.1 Å². The zero-order chi connectivity index (χ0) is 21.9.